The molecule has 0 radical (unpaired) electrons. The van der Waals surface area contributed by atoms with E-state index in [9.17, 15) is 8.78 Å². The van der Waals surface area contributed by atoms with E-state index in [0.29, 0.717) is 5.56 Å². The maximum Gasteiger partial charge on any atom is 0.132 e. The van der Waals surface area contributed by atoms with Gasteiger partial charge >= 0.3 is 0 Å². The first-order chi connectivity index (χ1) is 7.89. The van der Waals surface area contributed by atoms with Crippen LogP contribution < -0.4 is 0 Å². The molecule has 0 unspecified atom stereocenters. The van der Waals surface area contributed by atoms with Crippen molar-refractivity contribution in [2.75, 3.05) is 6.54 Å². The van der Waals surface area contributed by atoms with Gasteiger partial charge < -0.3 is 4.90 Å². The van der Waals surface area contributed by atoms with Crippen LogP contribution in [0.15, 0.2) is 24.3 Å². The lowest BCUT2D eigenvalue weighted by molar-refractivity contribution is 0.236. The smallest absolute Gasteiger partial charge is 0.132 e. The van der Waals surface area contributed by atoms with Gasteiger partial charge in [-0.15, -0.1) is 0 Å². The SMILES string of the molecule is CC(C)(C)N1CCC=C1c1cc(F)ccc1F. The lowest BCUT2D eigenvalue weighted by Crippen LogP contribution is -2.38. The quantitative estimate of drug-likeness (QED) is 0.718. The van der Waals surface area contributed by atoms with Gasteiger partial charge in [-0.1, -0.05) is 6.08 Å². The second kappa shape index (κ2) is 4.13. The summed E-state index contributed by atoms with van der Waals surface area (Å²) >= 11 is 0. The third-order valence-corrected chi connectivity index (χ3v) is 3.00. The number of hydrogen-bond acceptors (Lipinski definition) is 1. The molecular formula is C14H17F2N. The molecule has 0 aliphatic carbocycles. The zero-order valence-electron chi connectivity index (χ0n) is 10.4. The van der Waals surface area contributed by atoms with Crippen molar-refractivity contribution in [2.45, 2.75) is 32.7 Å². The minimum Gasteiger partial charge on any atom is -0.366 e. The lowest BCUT2D eigenvalue weighted by Gasteiger charge is -2.36. The van der Waals surface area contributed by atoms with E-state index < -0.39 is 5.82 Å². The molecule has 0 N–H and O–H groups in total. The fourth-order valence-electron chi connectivity index (χ4n) is 2.21. The minimum absolute atomic E-state index is 0.0823. The highest BCUT2D eigenvalue weighted by molar-refractivity contribution is 5.67. The average molecular weight is 237 g/mol. The van der Waals surface area contributed by atoms with Gasteiger partial charge in [0.1, 0.15) is 11.6 Å². The summed E-state index contributed by atoms with van der Waals surface area (Å²) in [4.78, 5) is 2.12. The van der Waals surface area contributed by atoms with Crippen LogP contribution in [-0.4, -0.2) is 17.0 Å². The third kappa shape index (κ3) is 2.33. The van der Waals surface area contributed by atoms with Crippen LogP contribution in [-0.2, 0) is 0 Å². The van der Waals surface area contributed by atoms with Gasteiger partial charge in [0.15, 0.2) is 0 Å². The van der Waals surface area contributed by atoms with E-state index in [0.717, 1.165) is 24.7 Å². The Morgan fingerprint density at radius 2 is 1.88 bits per heavy atom. The molecule has 0 aromatic heterocycles. The molecule has 1 nitrogen and oxygen atoms in total. The van der Waals surface area contributed by atoms with Gasteiger partial charge in [-0.3, -0.25) is 0 Å². The van der Waals surface area contributed by atoms with E-state index in [1.54, 1.807) is 0 Å². The van der Waals surface area contributed by atoms with E-state index >= 15 is 0 Å². The first-order valence-corrected chi connectivity index (χ1v) is 5.83. The molecule has 0 spiro atoms. The average Bonchev–Trinajstić information content (AvgIpc) is 2.69. The Morgan fingerprint density at radius 1 is 1.18 bits per heavy atom. The molecule has 0 saturated heterocycles. The van der Waals surface area contributed by atoms with Crippen molar-refractivity contribution in [1.82, 2.24) is 4.90 Å². The molecule has 0 atom stereocenters. The van der Waals surface area contributed by atoms with Gasteiger partial charge in [0.2, 0.25) is 0 Å². The van der Waals surface area contributed by atoms with Crippen molar-refractivity contribution in [2.24, 2.45) is 0 Å². The maximum absolute atomic E-state index is 13.7. The minimum atomic E-state index is -0.400. The predicted molar refractivity (Wildman–Crippen MR) is 65.4 cm³/mol. The van der Waals surface area contributed by atoms with Crippen molar-refractivity contribution in [3.05, 3.63) is 41.5 Å². The first-order valence-electron chi connectivity index (χ1n) is 5.83. The molecule has 2 rings (SSSR count). The van der Waals surface area contributed by atoms with Crippen LogP contribution in [0.2, 0.25) is 0 Å². The summed E-state index contributed by atoms with van der Waals surface area (Å²) in [5.41, 5.74) is 1.08. The summed E-state index contributed by atoms with van der Waals surface area (Å²) in [6.07, 6.45) is 2.85. The maximum atomic E-state index is 13.7. The summed E-state index contributed by atoms with van der Waals surface area (Å²) in [5, 5.41) is 0. The van der Waals surface area contributed by atoms with Gasteiger partial charge in [0.05, 0.1) is 0 Å². The van der Waals surface area contributed by atoms with Crippen molar-refractivity contribution in [3.8, 4) is 0 Å². The van der Waals surface area contributed by atoms with Gasteiger partial charge in [0, 0.05) is 23.3 Å². The normalized spacial score (nSPS) is 16.3. The van der Waals surface area contributed by atoms with Crippen LogP contribution >= 0.6 is 0 Å². The van der Waals surface area contributed by atoms with Crippen molar-refractivity contribution in [1.29, 1.82) is 0 Å². The number of rotatable bonds is 1. The van der Waals surface area contributed by atoms with Crippen LogP contribution in [0.5, 0.6) is 0 Å². The summed E-state index contributed by atoms with van der Waals surface area (Å²) in [5.74, 6) is -0.767. The monoisotopic (exact) mass is 237 g/mol. The Bertz CT molecular complexity index is 458. The molecule has 0 saturated carbocycles. The highest BCUT2D eigenvalue weighted by Crippen LogP contribution is 2.33. The van der Waals surface area contributed by atoms with Crippen LogP contribution in [0, 0.1) is 11.6 Å². The van der Waals surface area contributed by atoms with E-state index in [2.05, 4.69) is 25.7 Å². The van der Waals surface area contributed by atoms with Crippen LogP contribution in [0.3, 0.4) is 0 Å². The number of hydrogen-bond donors (Lipinski definition) is 0. The molecular weight excluding hydrogens is 220 g/mol. The molecule has 0 bridgehead atoms. The lowest BCUT2D eigenvalue weighted by atomic mass is 10.0. The number of nitrogens with zero attached hydrogens (tertiary/aromatic N) is 1. The molecule has 1 heterocycles. The molecule has 1 aliphatic heterocycles. The van der Waals surface area contributed by atoms with E-state index in [-0.39, 0.29) is 11.4 Å². The Labute approximate surface area is 101 Å². The molecule has 1 aliphatic rings. The van der Waals surface area contributed by atoms with Crippen molar-refractivity contribution in [3.63, 3.8) is 0 Å². The highest BCUT2D eigenvalue weighted by atomic mass is 19.1. The van der Waals surface area contributed by atoms with Crippen LogP contribution in [0.4, 0.5) is 8.78 Å². The zero-order chi connectivity index (χ0) is 12.6. The Hall–Kier alpha value is -1.38. The molecule has 3 heteroatoms. The third-order valence-electron chi connectivity index (χ3n) is 3.00. The second-order valence-corrected chi connectivity index (χ2v) is 5.32. The molecule has 17 heavy (non-hydrogen) atoms. The Morgan fingerprint density at radius 3 is 2.53 bits per heavy atom. The van der Waals surface area contributed by atoms with Crippen LogP contribution in [0.25, 0.3) is 5.70 Å². The highest BCUT2D eigenvalue weighted by Gasteiger charge is 2.28. The second-order valence-electron chi connectivity index (χ2n) is 5.32. The topological polar surface area (TPSA) is 3.24 Å². The summed E-state index contributed by atoms with van der Waals surface area (Å²) in [7, 11) is 0. The fourth-order valence-corrected chi connectivity index (χ4v) is 2.21. The molecule has 0 amide bonds. The predicted octanol–water partition coefficient (Wildman–Crippen LogP) is 3.81. The van der Waals surface area contributed by atoms with Gasteiger partial charge in [-0.2, -0.15) is 0 Å². The Kier molecular flexibility index (Phi) is 2.94. The molecule has 92 valence electrons. The number of benzene rings is 1. The van der Waals surface area contributed by atoms with E-state index in [1.165, 1.54) is 12.1 Å². The summed E-state index contributed by atoms with van der Waals surface area (Å²) in [6.45, 7) is 7.07. The molecule has 0 fully saturated rings. The molecule has 1 aromatic carbocycles. The van der Waals surface area contributed by atoms with Gasteiger partial charge in [0.25, 0.3) is 0 Å². The van der Waals surface area contributed by atoms with Crippen LogP contribution in [0.1, 0.15) is 32.8 Å². The van der Waals surface area contributed by atoms with Gasteiger partial charge in [-0.05, 0) is 45.4 Å². The largest absolute Gasteiger partial charge is 0.366 e. The standard InChI is InChI=1S/C14H17F2N/c1-14(2,3)17-8-4-5-13(17)11-9-10(15)6-7-12(11)16/h5-7,9H,4,8H2,1-3H3. The fraction of sp³-hybridized carbons (Fsp3) is 0.429. The van der Waals surface area contributed by atoms with E-state index in [4.69, 9.17) is 0 Å². The molecule has 1 aromatic rings. The zero-order valence-corrected chi connectivity index (χ0v) is 10.4. The number of halogens is 2. The summed E-state index contributed by atoms with van der Waals surface area (Å²) < 4.78 is 27.0. The van der Waals surface area contributed by atoms with Gasteiger partial charge in [-0.25, -0.2) is 8.78 Å². The van der Waals surface area contributed by atoms with Crippen molar-refractivity contribution < 1.29 is 8.78 Å². The Balaban J connectivity index is 2.43. The first kappa shape index (κ1) is 12.1. The van der Waals surface area contributed by atoms with E-state index in [1.807, 2.05) is 6.08 Å². The summed E-state index contributed by atoms with van der Waals surface area (Å²) in [6, 6.07) is 3.60. The van der Waals surface area contributed by atoms with Crippen molar-refractivity contribution >= 4 is 5.70 Å².